The Labute approximate surface area is 198 Å². The van der Waals surface area contributed by atoms with Crippen LogP contribution in [-0.4, -0.2) is 70.8 Å². The Morgan fingerprint density at radius 3 is 2.50 bits per heavy atom. The number of halogens is 1. The SMILES string of the molecule is CCN(CC)CCN1C(=O)C(=O)C(=C(O)c2c(C)[nH]c(C(=O)OC)c2C)[C@@H]1c1cccc(F)c1. The lowest BCUT2D eigenvalue weighted by molar-refractivity contribution is -0.140. The number of H-pyrrole nitrogens is 1. The summed E-state index contributed by atoms with van der Waals surface area (Å²) >= 11 is 0. The number of Topliss-reactive ketones (excluding diaryl/α,β-unsaturated/α-hetero) is 1. The molecule has 1 amide bonds. The maximum absolute atomic E-state index is 14.1. The fourth-order valence-corrected chi connectivity index (χ4v) is 4.47. The van der Waals surface area contributed by atoms with Crippen LogP contribution in [-0.2, 0) is 14.3 Å². The Kier molecular flexibility index (Phi) is 7.56. The van der Waals surface area contributed by atoms with Crippen molar-refractivity contribution in [3.8, 4) is 0 Å². The van der Waals surface area contributed by atoms with Crippen molar-refractivity contribution in [2.75, 3.05) is 33.3 Å². The molecule has 3 rings (SSSR count). The number of benzene rings is 1. The normalized spacial score (nSPS) is 17.6. The first kappa shape index (κ1) is 25.2. The number of likely N-dealkylation sites (N-methyl/N-ethyl adjacent to an activating group) is 1. The number of nitrogens with zero attached hydrogens (tertiary/aromatic N) is 2. The summed E-state index contributed by atoms with van der Waals surface area (Å²) in [6.07, 6.45) is 0. The summed E-state index contributed by atoms with van der Waals surface area (Å²) in [5, 5.41) is 11.3. The van der Waals surface area contributed by atoms with Gasteiger partial charge in [0.2, 0.25) is 0 Å². The van der Waals surface area contributed by atoms with Crippen LogP contribution >= 0.6 is 0 Å². The Morgan fingerprint density at radius 1 is 1.24 bits per heavy atom. The topological polar surface area (TPSA) is 103 Å². The number of aromatic amines is 1. The number of ether oxygens (including phenoxy) is 1. The van der Waals surface area contributed by atoms with Gasteiger partial charge >= 0.3 is 5.97 Å². The Balaban J connectivity index is 2.19. The standard InChI is InChI=1S/C25H30FN3O5/c1-6-28(7-2)11-12-29-21(16-9-8-10-17(26)13-16)19(23(31)24(29)32)22(30)18-14(3)20(25(33)34-5)27-15(18)4/h8-10,13,21,27,30H,6-7,11-12H2,1-5H3/t21-/m0/s1. The molecule has 0 radical (unpaired) electrons. The number of amides is 1. The Hall–Kier alpha value is -3.46. The molecule has 1 atom stereocenters. The number of likely N-dealkylation sites (tertiary alicyclic amines) is 1. The van der Waals surface area contributed by atoms with Crippen LogP contribution in [0.25, 0.3) is 5.76 Å². The molecule has 1 aromatic carbocycles. The van der Waals surface area contributed by atoms with Crippen molar-refractivity contribution in [2.24, 2.45) is 0 Å². The molecule has 0 aliphatic carbocycles. The number of esters is 1. The number of rotatable bonds is 8. The lowest BCUT2D eigenvalue weighted by Crippen LogP contribution is -2.38. The molecule has 182 valence electrons. The van der Waals surface area contributed by atoms with E-state index >= 15 is 0 Å². The largest absolute Gasteiger partial charge is 0.507 e. The van der Waals surface area contributed by atoms with Gasteiger partial charge in [-0.2, -0.15) is 0 Å². The minimum Gasteiger partial charge on any atom is -0.507 e. The highest BCUT2D eigenvalue weighted by molar-refractivity contribution is 6.46. The van der Waals surface area contributed by atoms with Gasteiger partial charge in [-0.05, 0) is 50.2 Å². The van der Waals surface area contributed by atoms with Gasteiger partial charge in [0.05, 0.1) is 18.7 Å². The highest BCUT2D eigenvalue weighted by Gasteiger charge is 2.46. The number of aryl methyl sites for hydroxylation is 1. The van der Waals surface area contributed by atoms with E-state index in [1.807, 2.05) is 13.8 Å². The van der Waals surface area contributed by atoms with Crippen LogP contribution < -0.4 is 0 Å². The number of hydrogen-bond acceptors (Lipinski definition) is 6. The second-order valence-electron chi connectivity index (χ2n) is 8.19. The molecule has 34 heavy (non-hydrogen) atoms. The van der Waals surface area contributed by atoms with Crippen molar-refractivity contribution >= 4 is 23.4 Å². The van der Waals surface area contributed by atoms with E-state index in [9.17, 15) is 23.9 Å². The highest BCUT2D eigenvalue weighted by atomic mass is 19.1. The molecule has 2 heterocycles. The molecule has 1 aromatic heterocycles. The first-order valence-corrected chi connectivity index (χ1v) is 11.2. The van der Waals surface area contributed by atoms with E-state index < -0.39 is 35.3 Å². The van der Waals surface area contributed by atoms with E-state index in [0.29, 0.717) is 23.4 Å². The zero-order valence-electron chi connectivity index (χ0n) is 20.1. The first-order valence-electron chi connectivity index (χ1n) is 11.2. The fourth-order valence-electron chi connectivity index (χ4n) is 4.47. The van der Waals surface area contributed by atoms with E-state index in [0.717, 1.165) is 13.1 Å². The van der Waals surface area contributed by atoms with Gasteiger partial charge in [-0.15, -0.1) is 0 Å². The van der Waals surface area contributed by atoms with Crippen molar-refractivity contribution in [3.63, 3.8) is 0 Å². The average molecular weight is 472 g/mol. The summed E-state index contributed by atoms with van der Waals surface area (Å²) in [7, 11) is 1.24. The quantitative estimate of drug-likeness (QED) is 0.265. The molecule has 9 heteroatoms. The molecular weight excluding hydrogens is 441 g/mol. The Bertz CT molecular complexity index is 1150. The maximum Gasteiger partial charge on any atom is 0.354 e. The van der Waals surface area contributed by atoms with Crippen molar-refractivity contribution < 1.29 is 28.6 Å². The Morgan fingerprint density at radius 2 is 1.91 bits per heavy atom. The van der Waals surface area contributed by atoms with Crippen molar-refractivity contribution in [1.82, 2.24) is 14.8 Å². The van der Waals surface area contributed by atoms with Crippen LogP contribution in [0.3, 0.4) is 0 Å². The van der Waals surface area contributed by atoms with Crippen molar-refractivity contribution in [3.05, 3.63) is 63.7 Å². The summed E-state index contributed by atoms with van der Waals surface area (Å²) in [6.45, 7) is 9.52. The molecule has 8 nitrogen and oxygen atoms in total. The van der Waals surface area contributed by atoms with E-state index in [1.165, 1.54) is 30.2 Å². The number of methoxy groups -OCH3 is 1. The number of aliphatic hydroxyl groups excluding tert-OH is 1. The minimum absolute atomic E-state index is 0.139. The fraction of sp³-hybridized carbons (Fsp3) is 0.400. The molecule has 2 N–H and O–H groups in total. The second kappa shape index (κ2) is 10.2. The van der Waals surface area contributed by atoms with E-state index in [2.05, 4.69) is 9.88 Å². The van der Waals surface area contributed by atoms with Gasteiger partial charge in [0, 0.05) is 24.3 Å². The molecule has 1 aliphatic rings. The number of aromatic nitrogens is 1. The number of aliphatic hydroxyl groups is 1. The number of carbonyl (C=O) groups excluding carboxylic acids is 3. The second-order valence-corrected chi connectivity index (χ2v) is 8.19. The average Bonchev–Trinajstić information content (AvgIpc) is 3.26. The molecular formula is C25H30FN3O5. The number of hydrogen-bond donors (Lipinski definition) is 2. The van der Waals surface area contributed by atoms with Crippen LogP contribution in [0.2, 0.25) is 0 Å². The van der Waals surface area contributed by atoms with E-state index in [4.69, 9.17) is 4.74 Å². The molecule has 1 saturated heterocycles. The van der Waals surface area contributed by atoms with Crippen LogP contribution in [0.15, 0.2) is 29.8 Å². The third kappa shape index (κ3) is 4.48. The number of carbonyl (C=O) groups is 3. The zero-order valence-corrected chi connectivity index (χ0v) is 20.1. The predicted molar refractivity (Wildman–Crippen MR) is 125 cm³/mol. The van der Waals surface area contributed by atoms with Crippen molar-refractivity contribution in [1.29, 1.82) is 0 Å². The van der Waals surface area contributed by atoms with E-state index in [-0.39, 0.29) is 23.4 Å². The third-order valence-corrected chi connectivity index (χ3v) is 6.32. The maximum atomic E-state index is 14.1. The van der Waals surface area contributed by atoms with Gasteiger partial charge in [0.25, 0.3) is 11.7 Å². The smallest absolute Gasteiger partial charge is 0.354 e. The van der Waals surface area contributed by atoms with Gasteiger partial charge in [-0.3, -0.25) is 9.59 Å². The van der Waals surface area contributed by atoms with Crippen LogP contribution in [0.1, 0.15) is 52.8 Å². The number of nitrogens with one attached hydrogen (secondary N) is 1. The van der Waals surface area contributed by atoms with E-state index in [1.54, 1.807) is 19.9 Å². The molecule has 0 unspecified atom stereocenters. The third-order valence-electron chi connectivity index (χ3n) is 6.32. The van der Waals surface area contributed by atoms with Gasteiger partial charge in [0.15, 0.2) is 0 Å². The van der Waals surface area contributed by atoms with Crippen LogP contribution in [0.5, 0.6) is 0 Å². The van der Waals surface area contributed by atoms with Gasteiger partial charge in [0.1, 0.15) is 17.3 Å². The molecule has 1 aliphatic heterocycles. The molecule has 2 aromatic rings. The molecule has 0 bridgehead atoms. The predicted octanol–water partition coefficient (Wildman–Crippen LogP) is 3.32. The lowest BCUT2D eigenvalue weighted by atomic mass is 9.94. The first-order chi connectivity index (χ1) is 16.2. The van der Waals surface area contributed by atoms with Gasteiger partial charge < -0.3 is 24.6 Å². The van der Waals surface area contributed by atoms with Gasteiger partial charge in [-0.1, -0.05) is 26.0 Å². The van der Waals surface area contributed by atoms with Gasteiger partial charge in [-0.25, -0.2) is 9.18 Å². The summed E-state index contributed by atoms with van der Waals surface area (Å²) in [6, 6.07) is 4.67. The summed E-state index contributed by atoms with van der Waals surface area (Å²) in [4.78, 5) is 44.7. The molecule has 0 spiro atoms. The zero-order chi connectivity index (χ0) is 25.2. The number of ketones is 1. The van der Waals surface area contributed by atoms with Crippen molar-refractivity contribution in [2.45, 2.75) is 33.7 Å². The molecule has 0 saturated carbocycles. The summed E-state index contributed by atoms with van der Waals surface area (Å²) < 4.78 is 18.9. The summed E-state index contributed by atoms with van der Waals surface area (Å²) in [5.41, 5.74) is 1.43. The highest BCUT2D eigenvalue weighted by Crippen LogP contribution is 2.40. The lowest BCUT2D eigenvalue weighted by Gasteiger charge is -2.28. The van der Waals surface area contributed by atoms with Crippen LogP contribution in [0, 0.1) is 19.7 Å². The molecule has 1 fully saturated rings. The minimum atomic E-state index is -0.971. The monoisotopic (exact) mass is 471 g/mol. The summed E-state index contributed by atoms with van der Waals surface area (Å²) in [5.74, 6) is -3.18. The van der Waals surface area contributed by atoms with Crippen LogP contribution in [0.4, 0.5) is 4.39 Å².